The molecular formula is C17H20F2. The Bertz CT molecular complexity index is 542. The van der Waals surface area contributed by atoms with E-state index in [4.69, 9.17) is 0 Å². The van der Waals surface area contributed by atoms with Crippen LogP contribution in [0.5, 0.6) is 0 Å². The molecule has 0 saturated carbocycles. The van der Waals surface area contributed by atoms with Crippen molar-refractivity contribution >= 4 is 0 Å². The van der Waals surface area contributed by atoms with Crippen molar-refractivity contribution in [2.45, 2.75) is 34.1 Å². The molecule has 2 aromatic carbocycles. The van der Waals surface area contributed by atoms with Crippen LogP contribution in [-0.4, -0.2) is 0 Å². The van der Waals surface area contributed by atoms with E-state index in [0.717, 1.165) is 12.0 Å². The molecule has 2 aromatic rings. The lowest BCUT2D eigenvalue weighted by molar-refractivity contribution is 0.500. The lowest BCUT2D eigenvalue weighted by Gasteiger charge is -2.08. The average Bonchev–Trinajstić information content (AvgIpc) is 2.37. The van der Waals surface area contributed by atoms with Crippen LogP contribution < -0.4 is 0 Å². The second-order valence-corrected chi connectivity index (χ2v) is 4.52. The van der Waals surface area contributed by atoms with Crippen LogP contribution in [0.4, 0.5) is 8.78 Å². The highest BCUT2D eigenvalue weighted by Gasteiger charge is 2.13. The van der Waals surface area contributed by atoms with Gasteiger partial charge in [-0.2, -0.15) is 0 Å². The third-order valence-electron chi connectivity index (χ3n) is 3.04. The Morgan fingerprint density at radius 2 is 1.53 bits per heavy atom. The Morgan fingerprint density at radius 1 is 0.895 bits per heavy atom. The molecule has 0 aromatic heterocycles. The van der Waals surface area contributed by atoms with Crippen LogP contribution >= 0.6 is 0 Å². The minimum Gasteiger partial charge on any atom is -0.203 e. The van der Waals surface area contributed by atoms with Gasteiger partial charge in [0.15, 0.2) is 11.6 Å². The maximum absolute atomic E-state index is 14.0. The van der Waals surface area contributed by atoms with E-state index >= 15 is 0 Å². The number of hydrogen-bond acceptors (Lipinski definition) is 0. The summed E-state index contributed by atoms with van der Waals surface area (Å²) in [7, 11) is 0. The first kappa shape index (κ1) is 15.4. The monoisotopic (exact) mass is 262 g/mol. The smallest absolute Gasteiger partial charge is 0.166 e. The number of aryl methyl sites for hydroxylation is 2. The Kier molecular flexibility index (Phi) is 5.22. The third kappa shape index (κ3) is 3.19. The summed E-state index contributed by atoms with van der Waals surface area (Å²) in [6.07, 6.45) is 1.37. The molecule has 0 saturated heterocycles. The fourth-order valence-electron chi connectivity index (χ4n) is 2.01. The summed E-state index contributed by atoms with van der Waals surface area (Å²) in [4.78, 5) is 0. The molecule has 2 rings (SSSR count). The summed E-state index contributed by atoms with van der Waals surface area (Å²) >= 11 is 0. The number of hydrogen-bond donors (Lipinski definition) is 0. The molecule has 0 atom stereocenters. The second-order valence-electron chi connectivity index (χ2n) is 4.52. The number of halogens is 2. The molecule has 0 heterocycles. The van der Waals surface area contributed by atoms with Crippen LogP contribution in [0.15, 0.2) is 36.4 Å². The van der Waals surface area contributed by atoms with Crippen LogP contribution in [0.25, 0.3) is 11.1 Å². The van der Waals surface area contributed by atoms with E-state index in [1.807, 2.05) is 38.1 Å². The van der Waals surface area contributed by atoms with Crippen molar-refractivity contribution in [1.82, 2.24) is 0 Å². The average molecular weight is 262 g/mol. The summed E-state index contributed by atoms with van der Waals surface area (Å²) in [6, 6.07) is 10.8. The van der Waals surface area contributed by atoms with Crippen molar-refractivity contribution in [2.24, 2.45) is 0 Å². The van der Waals surface area contributed by atoms with Gasteiger partial charge < -0.3 is 0 Å². The van der Waals surface area contributed by atoms with Gasteiger partial charge in [0.05, 0.1) is 0 Å². The van der Waals surface area contributed by atoms with E-state index in [0.29, 0.717) is 23.1 Å². The molecule has 0 N–H and O–H groups in total. The highest BCUT2D eigenvalue weighted by atomic mass is 19.2. The van der Waals surface area contributed by atoms with Crippen LogP contribution in [0, 0.1) is 18.6 Å². The van der Waals surface area contributed by atoms with Gasteiger partial charge in [0.25, 0.3) is 0 Å². The van der Waals surface area contributed by atoms with Gasteiger partial charge in [-0.1, -0.05) is 62.7 Å². The zero-order valence-corrected chi connectivity index (χ0v) is 10.6. The van der Waals surface area contributed by atoms with Crippen molar-refractivity contribution in [3.8, 4) is 11.1 Å². The molecule has 0 radical (unpaired) electrons. The SMILES string of the molecule is C.CCCc1ccc(-c2ccc(C)cc2)c(F)c1F. The highest BCUT2D eigenvalue weighted by Crippen LogP contribution is 2.27. The molecule has 0 bridgehead atoms. The van der Waals surface area contributed by atoms with E-state index < -0.39 is 11.6 Å². The summed E-state index contributed by atoms with van der Waals surface area (Å²) < 4.78 is 27.8. The van der Waals surface area contributed by atoms with Gasteiger partial charge in [-0.15, -0.1) is 0 Å². The minimum absolute atomic E-state index is 0. The fourth-order valence-corrected chi connectivity index (χ4v) is 2.01. The molecule has 0 spiro atoms. The molecule has 0 fully saturated rings. The van der Waals surface area contributed by atoms with Crippen LogP contribution in [0.3, 0.4) is 0 Å². The summed E-state index contributed by atoms with van der Waals surface area (Å²) in [6.45, 7) is 3.91. The standard InChI is InChI=1S/C16H16F2.CH4/c1-3-4-13-9-10-14(16(18)15(13)17)12-7-5-11(2)6-8-12;/h5-10H,3-4H2,1-2H3;1H4. The molecule has 0 aliphatic heterocycles. The molecule has 2 heteroatoms. The number of benzene rings is 2. The Morgan fingerprint density at radius 3 is 2.11 bits per heavy atom. The molecule has 19 heavy (non-hydrogen) atoms. The van der Waals surface area contributed by atoms with Crippen LogP contribution in [0.1, 0.15) is 31.9 Å². The molecule has 0 unspecified atom stereocenters. The van der Waals surface area contributed by atoms with E-state index in [9.17, 15) is 8.78 Å². The number of rotatable bonds is 3. The minimum atomic E-state index is -0.746. The molecule has 0 amide bonds. The summed E-state index contributed by atoms with van der Waals surface area (Å²) in [5.41, 5.74) is 2.58. The molecule has 102 valence electrons. The Hall–Kier alpha value is -1.70. The van der Waals surface area contributed by atoms with E-state index in [1.54, 1.807) is 12.1 Å². The first-order chi connectivity index (χ1) is 8.63. The first-order valence-electron chi connectivity index (χ1n) is 6.17. The maximum atomic E-state index is 14.0. The first-order valence-corrected chi connectivity index (χ1v) is 6.17. The molecule has 0 aliphatic rings. The van der Waals surface area contributed by atoms with Gasteiger partial charge in [-0.05, 0) is 24.5 Å². The summed E-state index contributed by atoms with van der Waals surface area (Å²) in [5.74, 6) is -1.46. The zero-order chi connectivity index (χ0) is 13.1. The van der Waals surface area contributed by atoms with E-state index in [-0.39, 0.29) is 7.43 Å². The Balaban J connectivity index is 0.00000180. The van der Waals surface area contributed by atoms with Crippen molar-refractivity contribution in [3.63, 3.8) is 0 Å². The fraction of sp³-hybridized carbons (Fsp3) is 0.294. The van der Waals surface area contributed by atoms with Gasteiger partial charge in [0, 0.05) is 5.56 Å². The Labute approximate surface area is 114 Å². The van der Waals surface area contributed by atoms with Crippen molar-refractivity contribution in [2.75, 3.05) is 0 Å². The largest absolute Gasteiger partial charge is 0.203 e. The van der Waals surface area contributed by atoms with Gasteiger partial charge in [-0.25, -0.2) is 8.78 Å². The van der Waals surface area contributed by atoms with Crippen molar-refractivity contribution < 1.29 is 8.78 Å². The molecular weight excluding hydrogens is 242 g/mol. The predicted octanol–water partition coefficient (Wildman–Crippen LogP) is 5.53. The second kappa shape index (κ2) is 6.46. The van der Waals surface area contributed by atoms with Crippen LogP contribution in [0.2, 0.25) is 0 Å². The maximum Gasteiger partial charge on any atom is 0.166 e. The predicted molar refractivity (Wildman–Crippen MR) is 77.3 cm³/mol. The van der Waals surface area contributed by atoms with Crippen molar-refractivity contribution in [1.29, 1.82) is 0 Å². The quantitative estimate of drug-likeness (QED) is 0.682. The summed E-state index contributed by atoms with van der Waals surface area (Å²) in [5, 5.41) is 0. The zero-order valence-electron chi connectivity index (χ0n) is 10.6. The van der Waals surface area contributed by atoms with Crippen LogP contribution in [-0.2, 0) is 6.42 Å². The van der Waals surface area contributed by atoms with E-state index in [1.165, 1.54) is 0 Å². The third-order valence-corrected chi connectivity index (χ3v) is 3.04. The van der Waals surface area contributed by atoms with Gasteiger partial charge >= 0.3 is 0 Å². The molecule has 0 aliphatic carbocycles. The lowest BCUT2D eigenvalue weighted by Crippen LogP contribution is -1.97. The topological polar surface area (TPSA) is 0 Å². The normalized spacial score (nSPS) is 10.1. The van der Waals surface area contributed by atoms with Crippen molar-refractivity contribution in [3.05, 3.63) is 59.2 Å². The molecule has 0 nitrogen and oxygen atoms in total. The highest BCUT2D eigenvalue weighted by molar-refractivity contribution is 5.65. The van der Waals surface area contributed by atoms with Gasteiger partial charge in [0.2, 0.25) is 0 Å². The van der Waals surface area contributed by atoms with Gasteiger partial charge in [-0.3, -0.25) is 0 Å². The lowest BCUT2D eigenvalue weighted by atomic mass is 10.00. The van der Waals surface area contributed by atoms with E-state index in [2.05, 4.69) is 0 Å². The van der Waals surface area contributed by atoms with Gasteiger partial charge in [0.1, 0.15) is 0 Å².